The van der Waals surface area contributed by atoms with Crippen LogP contribution in [0.1, 0.15) is 29.7 Å². The summed E-state index contributed by atoms with van der Waals surface area (Å²) in [4.78, 5) is 15.3. The lowest BCUT2D eigenvalue weighted by molar-refractivity contribution is -0.126. The molecular weight excluding hydrogens is 515 g/mol. The first kappa shape index (κ1) is 26.3. The topological polar surface area (TPSA) is 83.4 Å². The first-order valence-electron chi connectivity index (χ1n) is 12.2. The lowest BCUT2D eigenvalue weighted by atomic mass is 10.0. The molecule has 0 spiro atoms. The van der Waals surface area contributed by atoms with Gasteiger partial charge in [0.1, 0.15) is 28.5 Å². The van der Waals surface area contributed by atoms with Gasteiger partial charge in [-0.05, 0) is 42.5 Å². The summed E-state index contributed by atoms with van der Waals surface area (Å²) in [5.74, 6) is 1.20. The summed E-state index contributed by atoms with van der Waals surface area (Å²) >= 11 is 1.02. The van der Waals surface area contributed by atoms with Gasteiger partial charge in [-0.2, -0.15) is 13.2 Å². The van der Waals surface area contributed by atoms with Gasteiger partial charge in [-0.15, -0.1) is 11.3 Å². The van der Waals surface area contributed by atoms with E-state index in [1.165, 1.54) is 12.4 Å². The average molecular weight is 544 g/mol. The number of aliphatic hydroxyl groups is 1. The van der Waals surface area contributed by atoms with Crippen molar-refractivity contribution in [3.63, 3.8) is 0 Å². The summed E-state index contributed by atoms with van der Waals surface area (Å²) in [5.41, 5.74) is 1.77. The third-order valence-corrected chi connectivity index (χ3v) is 8.00. The minimum Gasteiger partial charge on any atom is -0.495 e. The quantitative estimate of drug-likeness (QED) is 0.291. The maximum absolute atomic E-state index is 13.0. The molecule has 200 valence electrons. The summed E-state index contributed by atoms with van der Waals surface area (Å²) in [6, 6.07) is 11.1. The number of hydrogen-bond acceptors (Lipinski definition) is 8. The van der Waals surface area contributed by atoms with E-state index >= 15 is 0 Å². The molecule has 0 bridgehead atoms. The lowest BCUT2D eigenvalue weighted by Crippen LogP contribution is -2.57. The summed E-state index contributed by atoms with van der Waals surface area (Å²) in [6.07, 6.45) is 1.57. The van der Waals surface area contributed by atoms with Gasteiger partial charge in [0.15, 0.2) is 0 Å². The molecule has 0 amide bonds. The summed E-state index contributed by atoms with van der Waals surface area (Å²) < 4.78 is 44.1. The average Bonchev–Trinajstić information content (AvgIpc) is 3.49. The molecule has 1 aliphatic carbocycles. The number of hydrogen-bond donors (Lipinski definition) is 2. The molecule has 2 N–H and O–H groups in total. The highest BCUT2D eigenvalue weighted by molar-refractivity contribution is 7.18. The van der Waals surface area contributed by atoms with E-state index in [1.54, 1.807) is 19.5 Å². The third kappa shape index (κ3) is 5.59. The number of methoxy groups -OCH3 is 1. The van der Waals surface area contributed by atoms with Gasteiger partial charge in [0.05, 0.1) is 31.2 Å². The maximum Gasteiger partial charge on any atom is 0.393 e. The Kier molecular flexibility index (Phi) is 7.26. The molecule has 5 rings (SSSR count). The fraction of sp³-hybridized carbons (Fsp3) is 0.370. The molecule has 1 aliphatic rings. The normalized spacial score (nSPS) is 19.7. The van der Waals surface area contributed by atoms with Gasteiger partial charge in [0.2, 0.25) is 0 Å². The number of halogens is 3. The van der Waals surface area contributed by atoms with E-state index in [0.29, 0.717) is 41.2 Å². The molecule has 1 aromatic carbocycles. The van der Waals surface area contributed by atoms with E-state index in [0.717, 1.165) is 34.4 Å². The Balaban J connectivity index is 1.31. The number of nitrogens with one attached hydrogen (secondary N) is 1. The van der Waals surface area contributed by atoms with Gasteiger partial charge in [0.25, 0.3) is 0 Å². The van der Waals surface area contributed by atoms with E-state index in [9.17, 15) is 18.3 Å². The van der Waals surface area contributed by atoms with Crippen molar-refractivity contribution in [3.05, 3.63) is 65.6 Å². The van der Waals surface area contributed by atoms with Gasteiger partial charge >= 0.3 is 6.18 Å². The SMILES string of the molecule is COc1cncc(-c2ccc(CNC3(O)CCCC3N(C)c3ncnc4sc(CC(F)(F)F)cc34)cc2)c1. The van der Waals surface area contributed by atoms with E-state index < -0.39 is 18.3 Å². The van der Waals surface area contributed by atoms with Gasteiger partial charge in [0, 0.05) is 30.2 Å². The Labute approximate surface area is 222 Å². The molecule has 11 heteroatoms. The van der Waals surface area contributed by atoms with Crippen molar-refractivity contribution < 1.29 is 23.0 Å². The number of benzene rings is 1. The highest BCUT2D eigenvalue weighted by atomic mass is 32.1. The highest BCUT2D eigenvalue weighted by Crippen LogP contribution is 2.38. The zero-order chi connectivity index (χ0) is 26.9. The van der Waals surface area contributed by atoms with Gasteiger partial charge in [-0.1, -0.05) is 24.3 Å². The zero-order valence-corrected chi connectivity index (χ0v) is 21.8. The molecule has 1 fully saturated rings. The molecule has 38 heavy (non-hydrogen) atoms. The molecule has 3 heterocycles. The molecule has 0 radical (unpaired) electrons. The number of ether oxygens (including phenoxy) is 1. The minimum absolute atomic E-state index is 0.190. The molecular formula is C27H28F3N5O2S. The summed E-state index contributed by atoms with van der Waals surface area (Å²) in [7, 11) is 3.43. The van der Waals surface area contributed by atoms with E-state index in [4.69, 9.17) is 4.74 Å². The Morgan fingerprint density at radius 3 is 2.68 bits per heavy atom. The molecule has 2 atom stereocenters. The number of likely N-dealkylation sites (N-methyl/N-ethyl adjacent to an activating group) is 1. The van der Waals surface area contributed by atoms with Crippen molar-refractivity contribution in [1.82, 2.24) is 20.3 Å². The van der Waals surface area contributed by atoms with Crippen LogP contribution in [0, 0.1) is 0 Å². The monoisotopic (exact) mass is 543 g/mol. The van der Waals surface area contributed by atoms with Gasteiger partial charge < -0.3 is 14.7 Å². The first-order chi connectivity index (χ1) is 18.1. The van der Waals surface area contributed by atoms with E-state index in [-0.39, 0.29) is 10.9 Å². The second kappa shape index (κ2) is 10.5. The number of pyridine rings is 1. The molecule has 2 unspecified atom stereocenters. The number of anilines is 1. The molecule has 0 saturated heterocycles. The lowest BCUT2D eigenvalue weighted by Gasteiger charge is -2.38. The van der Waals surface area contributed by atoms with Crippen molar-refractivity contribution in [2.45, 2.75) is 50.2 Å². The number of aromatic nitrogens is 3. The van der Waals surface area contributed by atoms with Crippen LogP contribution < -0.4 is 15.0 Å². The second-order valence-electron chi connectivity index (χ2n) is 9.53. The highest BCUT2D eigenvalue weighted by Gasteiger charge is 2.44. The predicted molar refractivity (Wildman–Crippen MR) is 141 cm³/mol. The molecule has 7 nitrogen and oxygen atoms in total. The standard InChI is InChI=1S/C27H28F3N5O2S/c1-35(24-22-11-21(12-27(28,29)30)38-25(22)33-16-32-24)23-4-3-9-26(23,36)34-13-17-5-7-18(8-6-17)19-10-20(37-2)15-31-14-19/h5-8,10-11,14-16,23,34,36H,3-4,9,12-13H2,1-2H3. The van der Waals surface area contributed by atoms with Gasteiger partial charge in [-0.25, -0.2) is 9.97 Å². The van der Waals surface area contributed by atoms with Crippen LogP contribution in [0.4, 0.5) is 19.0 Å². The molecule has 3 aromatic heterocycles. The Bertz CT molecular complexity index is 1410. The van der Waals surface area contributed by atoms with Crippen molar-refractivity contribution in [2.24, 2.45) is 0 Å². The van der Waals surface area contributed by atoms with Crippen LogP contribution in [0.15, 0.2) is 55.1 Å². The number of rotatable bonds is 8. The maximum atomic E-state index is 13.0. The molecule has 0 aliphatic heterocycles. The minimum atomic E-state index is -4.29. The van der Waals surface area contributed by atoms with Crippen molar-refractivity contribution in [2.75, 3.05) is 19.1 Å². The number of fused-ring (bicyclic) bond motifs is 1. The Hall–Kier alpha value is -3.28. The molecule has 4 aromatic rings. The largest absolute Gasteiger partial charge is 0.495 e. The Morgan fingerprint density at radius 2 is 1.95 bits per heavy atom. The number of thiophene rings is 1. The van der Waals surface area contributed by atoms with Crippen LogP contribution in [0.5, 0.6) is 5.75 Å². The second-order valence-corrected chi connectivity index (χ2v) is 10.6. The van der Waals surface area contributed by atoms with Crippen LogP contribution >= 0.6 is 11.3 Å². The molecule has 1 saturated carbocycles. The third-order valence-electron chi connectivity index (χ3n) is 6.96. The Morgan fingerprint density at radius 1 is 1.16 bits per heavy atom. The summed E-state index contributed by atoms with van der Waals surface area (Å²) in [6.45, 7) is 0.449. The fourth-order valence-corrected chi connectivity index (χ4v) is 6.08. The summed E-state index contributed by atoms with van der Waals surface area (Å²) in [5, 5.41) is 15.5. The number of nitrogens with zero attached hydrogens (tertiary/aromatic N) is 4. The smallest absolute Gasteiger partial charge is 0.393 e. The first-order valence-corrected chi connectivity index (χ1v) is 13.1. The predicted octanol–water partition coefficient (Wildman–Crippen LogP) is 5.33. The van der Waals surface area contributed by atoms with Crippen LogP contribution in [0.3, 0.4) is 0 Å². The van der Waals surface area contributed by atoms with Crippen LogP contribution in [-0.2, 0) is 13.0 Å². The van der Waals surface area contributed by atoms with Crippen molar-refractivity contribution in [3.8, 4) is 16.9 Å². The van der Waals surface area contributed by atoms with Crippen LogP contribution in [0.25, 0.3) is 21.3 Å². The van der Waals surface area contributed by atoms with Crippen molar-refractivity contribution in [1.29, 1.82) is 0 Å². The van der Waals surface area contributed by atoms with Crippen LogP contribution in [-0.4, -0.2) is 52.2 Å². The zero-order valence-electron chi connectivity index (χ0n) is 21.0. The van der Waals surface area contributed by atoms with E-state index in [1.807, 2.05) is 42.3 Å². The van der Waals surface area contributed by atoms with Gasteiger partial charge in [-0.3, -0.25) is 10.3 Å². The fourth-order valence-electron chi connectivity index (χ4n) is 5.06. The number of alkyl halides is 3. The van der Waals surface area contributed by atoms with Crippen LogP contribution in [0.2, 0.25) is 0 Å². The van der Waals surface area contributed by atoms with Crippen molar-refractivity contribution >= 4 is 27.4 Å². The van der Waals surface area contributed by atoms with E-state index in [2.05, 4.69) is 20.3 Å².